The molecule has 1 saturated heterocycles. The van der Waals surface area contributed by atoms with Gasteiger partial charge in [0, 0.05) is 5.92 Å². The molecule has 5 nitrogen and oxygen atoms in total. The van der Waals surface area contributed by atoms with E-state index in [-0.39, 0.29) is 0 Å². The summed E-state index contributed by atoms with van der Waals surface area (Å²) in [4.78, 5) is 35.5. The van der Waals surface area contributed by atoms with Gasteiger partial charge in [-0.15, -0.1) is 0 Å². The van der Waals surface area contributed by atoms with E-state index in [2.05, 4.69) is 0 Å². The van der Waals surface area contributed by atoms with Crippen molar-refractivity contribution in [2.45, 2.75) is 20.3 Å². The van der Waals surface area contributed by atoms with Gasteiger partial charge in [-0.2, -0.15) is 0 Å². The Kier molecular flexibility index (Phi) is 3.88. The van der Waals surface area contributed by atoms with Gasteiger partial charge < -0.3 is 9.90 Å². The molecule has 106 valence electrons. The molecule has 1 fully saturated rings. The van der Waals surface area contributed by atoms with Gasteiger partial charge in [-0.05, 0) is 18.9 Å². The highest BCUT2D eigenvalue weighted by molar-refractivity contribution is 6.06. The number of carboxylic acid groups (broad SMARTS) is 1. The molecule has 2 atom stereocenters. The van der Waals surface area contributed by atoms with E-state index in [0.717, 1.165) is 16.0 Å². The number of likely N-dealkylation sites (tertiary alicyclic amines) is 1. The fourth-order valence-electron chi connectivity index (χ4n) is 2.47. The first-order chi connectivity index (χ1) is 9.40. The Morgan fingerprint density at radius 1 is 1.20 bits per heavy atom. The second-order valence-corrected chi connectivity index (χ2v) is 5.22. The Hall–Kier alpha value is -2.17. The zero-order chi connectivity index (χ0) is 14.9. The summed E-state index contributed by atoms with van der Waals surface area (Å²) >= 11 is 0. The Balaban J connectivity index is 2.16. The van der Waals surface area contributed by atoms with Crippen molar-refractivity contribution < 1.29 is 19.5 Å². The first-order valence-corrected chi connectivity index (χ1v) is 6.50. The summed E-state index contributed by atoms with van der Waals surface area (Å²) in [5, 5.41) is 10.6. The quantitative estimate of drug-likeness (QED) is 0.719. The number of nitrogens with zero attached hydrogens (tertiary/aromatic N) is 1. The number of aliphatic carboxylic acids is 1. The summed E-state index contributed by atoms with van der Waals surface area (Å²) in [6, 6.07) is 7.73. The number of carbonyl (C=O) groups excluding carboxylic acids is 3. The van der Waals surface area contributed by atoms with Gasteiger partial charge in [0.1, 0.15) is 0 Å². The van der Waals surface area contributed by atoms with Gasteiger partial charge in [0.15, 0.2) is 0 Å². The molecule has 1 aliphatic rings. The Labute approximate surface area is 117 Å². The summed E-state index contributed by atoms with van der Waals surface area (Å²) in [6.45, 7) is 2.97. The molecule has 1 aliphatic heterocycles. The summed E-state index contributed by atoms with van der Waals surface area (Å²) < 4.78 is 0. The maximum Gasteiger partial charge on any atom is 0.233 e. The summed E-state index contributed by atoms with van der Waals surface area (Å²) in [6.07, 6.45) is 0.440. The predicted molar refractivity (Wildman–Crippen MR) is 69.3 cm³/mol. The van der Waals surface area contributed by atoms with Crippen LogP contribution in [0.5, 0.6) is 0 Å². The summed E-state index contributed by atoms with van der Waals surface area (Å²) in [5.41, 5.74) is 2.08. The van der Waals surface area contributed by atoms with E-state index < -0.39 is 36.2 Å². The van der Waals surface area contributed by atoms with Gasteiger partial charge in [-0.3, -0.25) is 14.5 Å². The van der Waals surface area contributed by atoms with Gasteiger partial charge in [0.2, 0.25) is 11.8 Å². The van der Waals surface area contributed by atoms with E-state index in [0.29, 0.717) is 6.42 Å². The highest BCUT2D eigenvalue weighted by Crippen LogP contribution is 2.28. The van der Waals surface area contributed by atoms with Crippen molar-refractivity contribution in [3.05, 3.63) is 35.4 Å². The fraction of sp³-hybridized carbons (Fsp3) is 0.400. The smallest absolute Gasteiger partial charge is 0.233 e. The number of amides is 2. The number of carboxylic acids is 1. The van der Waals surface area contributed by atoms with Crippen molar-refractivity contribution in [1.29, 1.82) is 0 Å². The fourth-order valence-corrected chi connectivity index (χ4v) is 2.47. The number of carbonyl (C=O) groups is 3. The molecule has 1 aromatic rings. The number of benzene rings is 1. The monoisotopic (exact) mass is 274 g/mol. The van der Waals surface area contributed by atoms with E-state index in [1.165, 1.54) is 0 Å². The standard InChI is InChI=1S/C15H17NO4/c1-9-3-5-11(6-4-9)7-12-10(2)14(19)16(15(12)20)8-13(17)18/h3-6,10,12H,7-8H2,1-2H3,(H,17,18)/p-1/t10-,12-/m1/s1. The summed E-state index contributed by atoms with van der Waals surface area (Å²) in [5.74, 6) is -3.27. The van der Waals surface area contributed by atoms with Crippen LogP contribution < -0.4 is 5.11 Å². The largest absolute Gasteiger partial charge is 0.548 e. The van der Waals surface area contributed by atoms with Crippen LogP contribution >= 0.6 is 0 Å². The molecular formula is C15H16NO4-. The van der Waals surface area contributed by atoms with Crippen LogP contribution in [-0.4, -0.2) is 29.2 Å². The summed E-state index contributed by atoms with van der Waals surface area (Å²) in [7, 11) is 0. The van der Waals surface area contributed by atoms with Gasteiger partial charge in [-0.1, -0.05) is 36.8 Å². The zero-order valence-electron chi connectivity index (χ0n) is 11.5. The SMILES string of the molecule is Cc1ccc(C[C@H]2C(=O)N(CC(=O)[O-])C(=O)[C@@H]2C)cc1. The van der Waals surface area contributed by atoms with Crippen LogP contribution in [0.15, 0.2) is 24.3 Å². The third-order valence-electron chi connectivity index (χ3n) is 3.71. The minimum atomic E-state index is -1.42. The lowest BCUT2D eigenvalue weighted by molar-refractivity contribution is -0.305. The molecule has 2 rings (SSSR count). The molecule has 5 heteroatoms. The van der Waals surface area contributed by atoms with Crippen molar-refractivity contribution in [2.75, 3.05) is 6.54 Å². The molecule has 0 aliphatic carbocycles. The molecule has 0 aromatic heterocycles. The second kappa shape index (κ2) is 5.45. The Bertz CT molecular complexity index is 549. The van der Waals surface area contributed by atoms with Crippen LogP contribution in [0.4, 0.5) is 0 Å². The van der Waals surface area contributed by atoms with Crippen LogP contribution in [0.2, 0.25) is 0 Å². The highest BCUT2D eigenvalue weighted by atomic mass is 16.4. The molecule has 0 saturated carbocycles. The van der Waals surface area contributed by atoms with Crippen molar-refractivity contribution in [3.63, 3.8) is 0 Å². The molecule has 0 N–H and O–H groups in total. The number of rotatable bonds is 4. The zero-order valence-corrected chi connectivity index (χ0v) is 11.5. The Morgan fingerprint density at radius 2 is 1.80 bits per heavy atom. The predicted octanol–water partition coefficient (Wildman–Crippen LogP) is -0.0915. The van der Waals surface area contributed by atoms with E-state index in [4.69, 9.17) is 0 Å². The third-order valence-corrected chi connectivity index (χ3v) is 3.71. The van der Waals surface area contributed by atoms with E-state index >= 15 is 0 Å². The number of aryl methyl sites for hydroxylation is 1. The minimum absolute atomic E-state index is 0.424. The lowest BCUT2D eigenvalue weighted by Gasteiger charge is -2.15. The molecular weight excluding hydrogens is 258 g/mol. The molecule has 1 aromatic carbocycles. The van der Waals surface area contributed by atoms with Crippen molar-refractivity contribution >= 4 is 17.8 Å². The van der Waals surface area contributed by atoms with Crippen molar-refractivity contribution in [1.82, 2.24) is 4.90 Å². The first kappa shape index (κ1) is 14.2. The number of hydrogen-bond acceptors (Lipinski definition) is 4. The third kappa shape index (κ3) is 2.71. The van der Waals surface area contributed by atoms with E-state index in [9.17, 15) is 19.5 Å². The molecule has 0 spiro atoms. The minimum Gasteiger partial charge on any atom is -0.548 e. The molecule has 20 heavy (non-hydrogen) atoms. The molecule has 2 amide bonds. The van der Waals surface area contributed by atoms with Crippen molar-refractivity contribution in [3.8, 4) is 0 Å². The van der Waals surface area contributed by atoms with Gasteiger partial charge >= 0.3 is 0 Å². The first-order valence-electron chi connectivity index (χ1n) is 6.50. The molecule has 1 heterocycles. The van der Waals surface area contributed by atoms with Crippen LogP contribution in [0, 0.1) is 18.8 Å². The average molecular weight is 274 g/mol. The van der Waals surface area contributed by atoms with Crippen molar-refractivity contribution in [2.24, 2.45) is 11.8 Å². The molecule has 0 radical (unpaired) electrons. The van der Waals surface area contributed by atoms with Gasteiger partial charge in [0.05, 0.1) is 18.4 Å². The normalized spacial score (nSPS) is 22.4. The topological polar surface area (TPSA) is 77.5 Å². The van der Waals surface area contributed by atoms with Crippen LogP contribution in [0.25, 0.3) is 0 Å². The van der Waals surface area contributed by atoms with Gasteiger partial charge in [-0.25, -0.2) is 0 Å². The van der Waals surface area contributed by atoms with E-state index in [1.54, 1.807) is 6.92 Å². The van der Waals surface area contributed by atoms with Crippen LogP contribution in [-0.2, 0) is 20.8 Å². The second-order valence-electron chi connectivity index (χ2n) is 5.22. The number of hydrogen-bond donors (Lipinski definition) is 0. The maximum atomic E-state index is 12.1. The van der Waals surface area contributed by atoms with Crippen LogP contribution in [0.1, 0.15) is 18.1 Å². The average Bonchev–Trinajstić information content (AvgIpc) is 2.58. The van der Waals surface area contributed by atoms with Gasteiger partial charge in [0.25, 0.3) is 0 Å². The van der Waals surface area contributed by atoms with E-state index in [1.807, 2.05) is 31.2 Å². The molecule has 0 unspecified atom stereocenters. The Morgan fingerprint density at radius 3 is 2.35 bits per heavy atom. The number of imide groups is 1. The maximum absolute atomic E-state index is 12.1. The molecule has 0 bridgehead atoms. The van der Waals surface area contributed by atoms with Crippen LogP contribution in [0.3, 0.4) is 0 Å². The lowest BCUT2D eigenvalue weighted by Crippen LogP contribution is -2.41. The lowest BCUT2D eigenvalue weighted by atomic mass is 9.90. The highest BCUT2D eigenvalue weighted by Gasteiger charge is 2.44.